The van der Waals surface area contributed by atoms with Crippen LogP contribution >= 0.6 is 0 Å². The molecule has 1 heterocycles. The van der Waals surface area contributed by atoms with E-state index in [2.05, 4.69) is 5.32 Å². The standard InChI is InChI=1S/C23H27NO4/c1-3-27-21(25)18-14-24-20(15-10-11-15)19(22(26)28-4-2)23(18,17-12-13-17)16-8-6-5-7-9-16/h5-9,14-15,17,24H,3-4,10-13H2,1-2H3. The van der Waals surface area contributed by atoms with Crippen molar-refractivity contribution in [1.29, 1.82) is 0 Å². The fourth-order valence-electron chi connectivity index (χ4n) is 4.46. The van der Waals surface area contributed by atoms with Crippen LogP contribution < -0.4 is 5.32 Å². The van der Waals surface area contributed by atoms with Gasteiger partial charge < -0.3 is 14.8 Å². The molecular weight excluding hydrogens is 354 g/mol. The van der Waals surface area contributed by atoms with Crippen LogP contribution in [0.2, 0.25) is 0 Å². The van der Waals surface area contributed by atoms with Gasteiger partial charge in [0.15, 0.2) is 0 Å². The summed E-state index contributed by atoms with van der Waals surface area (Å²) in [7, 11) is 0. The van der Waals surface area contributed by atoms with E-state index in [0.717, 1.165) is 36.9 Å². The summed E-state index contributed by atoms with van der Waals surface area (Å²) in [6.45, 7) is 4.20. The van der Waals surface area contributed by atoms with E-state index in [1.807, 2.05) is 37.3 Å². The molecule has 1 N–H and O–H groups in total. The minimum atomic E-state index is -0.817. The van der Waals surface area contributed by atoms with Gasteiger partial charge in [-0.3, -0.25) is 0 Å². The van der Waals surface area contributed by atoms with Crippen molar-refractivity contribution < 1.29 is 19.1 Å². The van der Waals surface area contributed by atoms with Gasteiger partial charge in [-0.25, -0.2) is 9.59 Å². The summed E-state index contributed by atoms with van der Waals surface area (Å²) >= 11 is 0. The number of ether oxygens (including phenoxy) is 2. The van der Waals surface area contributed by atoms with Crippen LogP contribution in [0.25, 0.3) is 0 Å². The highest BCUT2D eigenvalue weighted by atomic mass is 16.5. The van der Waals surface area contributed by atoms with Gasteiger partial charge in [-0.2, -0.15) is 0 Å². The molecule has 2 aliphatic carbocycles. The van der Waals surface area contributed by atoms with Crippen LogP contribution in [0.3, 0.4) is 0 Å². The van der Waals surface area contributed by atoms with Crippen LogP contribution in [0.15, 0.2) is 53.4 Å². The third kappa shape index (κ3) is 3.03. The smallest absolute Gasteiger partial charge is 0.337 e. The van der Waals surface area contributed by atoms with Gasteiger partial charge in [0.25, 0.3) is 0 Å². The molecule has 1 aromatic rings. The number of rotatable bonds is 7. The Balaban J connectivity index is 1.96. The average Bonchev–Trinajstić information content (AvgIpc) is 3.60. The zero-order valence-corrected chi connectivity index (χ0v) is 16.5. The molecule has 0 aromatic heterocycles. The summed E-state index contributed by atoms with van der Waals surface area (Å²) < 4.78 is 10.9. The van der Waals surface area contributed by atoms with Crippen LogP contribution in [0.5, 0.6) is 0 Å². The number of hydrogen-bond acceptors (Lipinski definition) is 5. The fraction of sp³-hybridized carbons (Fsp3) is 0.478. The summed E-state index contributed by atoms with van der Waals surface area (Å²) in [4.78, 5) is 26.3. The Labute approximate surface area is 165 Å². The zero-order valence-electron chi connectivity index (χ0n) is 16.5. The summed E-state index contributed by atoms with van der Waals surface area (Å²) in [5, 5.41) is 3.28. The highest BCUT2D eigenvalue weighted by Gasteiger charge is 2.59. The van der Waals surface area contributed by atoms with Crippen molar-refractivity contribution in [1.82, 2.24) is 5.32 Å². The minimum Gasteiger partial charge on any atom is -0.463 e. The second kappa shape index (κ2) is 7.46. The van der Waals surface area contributed by atoms with E-state index in [0.29, 0.717) is 30.3 Å². The second-order valence-electron chi connectivity index (χ2n) is 7.65. The van der Waals surface area contributed by atoms with E-state index in [1.54, 1.807) is 13.1 Å². The predicted molar refractivity (Wildman–Crippen MR) is 105 cm³/mol. The number of esters is 2. The van der Waals surface area contributed by atoms with Crippen LogP contribution in [-0.2, 0) is 24.5 Å². The van der Waals surface area contributed by atoms with Gasteiger partial charge in [0, 0.05) is 11.9 Å². The molecule has 2 fully saturated rings. The monoisotopic (exact) mass is 381 g/mol. The third-order valence-corrected chi connectivity index (χ3v) is 5.84. The topological polar surface area (TPSA) is 64.6 Å². The number of dihydropyridines is 1. The summed E-state index contributed by atoms with van der Waals surface area (Å²) in [5.41, 5.74) is 2.18. The predicted octanol–water partition coefficient (Wildman–Crippen LogP) is 3.61. The molecule has 4 rings (SSSR count). The molecule has 0 radical (unpaired) electrons. The molecule has 0 saturated heterocycles. The summed E-state index contributed by atoms with van der Waals surface area (Å²) in [6, 6.07) is 9.91. The highest BCUT2D eigenvalue weighted by Crippen LogP contribution is 2.59. The normalized spacial score (nSPS) is 24.3. The maximum absolute atomic E-state index is 13.3. The van der Waals surface area contributed by atoms with Crippen molar-refractivity contribution in [2.24, 2.45) is 11.8 Å². The van der Waals surface area contributed by atoms with E-state index >= 15 is 0 Å². The molecule has 0 spiro atoms. The molecule has 28 heavy (non-hydrogen) atoms. The van der Waals surface area contributed by atoms with E-state index in [4.69, 9.17) is 9.47 Å². The maximum Gasteiger partial charge on any atom is 0.337 e. The fourth-order valence-corrected chi connectivity index (χ4v) is 4.46. The quantitative estimate of drug-likeness (QED) is 0.731. The zero-order chi connectivity index (χ0) is 19.7. The number of hydrogen-bond donors (Lipinski definition) is 1. The van der Waals surface area contributed by atoms with Gasteiger partial charge in [-0.1, -0.05) is 30.3 Å². The van der Waals surface area contributed by atoms with Crippen LogP contribution in [0.4, 0.5) is 0 Å². The average molecular weight is 381 g/mol. The molecule has 5 nitrogen and oxygen atoms in total. The van der Waals surface area contributed by atoms with Crippen molar-refractivity contribution in [3.05, 3.63) is 58.9 Å². The summed E-state index contributed by atoms with van der Waals surface area (Å²) in [6.07, 6.45) is 5.80. The third-order valence-electron chi connectivity index (χ3n) is 5.84. The first-order valence-corrected chi connectivity index (χ1v) is 10.3. The van der Waals surface area contributed by atoms with E-state index in [9.17, 15) is 9.59 Å². The van der Waals surface area contributed by atoms with Crippen molar-refractivity contribution in [2.75, 3.05) is 13.2 Å². The molecule has 0 amide bonds. The lowest BCUT2D eigenvalue weighted by Gasteiger charge is -2.41. The van der Waals surface area contributed by atoms with Gasteiger partial charge in [-0.15, -0.1) is 0 Å². The second-order valence-corrected chi connectivity index (χ2v) is 7.65. The summed E-state index contributed by atoms with van der Waals surface area (Å²) in [5.74, 6) is -0.202. The molecule has 5 heteroatoms. The van der Waals surface area contributed by atoms with E-state index in [1.165, 1.54) is 0 Å². The van der Waals surface area contributed by atoms with E-state index < -0.39 is 5.41 Å². The molecule has 0 bridgehead atoms. The maximum atomic E-state index is 13.3. The Kier molecular flexibility index (Phi) is 5.00. The first kappa shape index (κ1) is 18.8. The largest absolute Gasteiger partial charge is 0.463 e. The molecule has 1 aromatic carbocycles. The molecule has 1 aliphatic heterocycles. The molecule has 1 unspecified atom stereocenters. The van der Waals surface area contributed by atoms with Gasteiger partial charge in [0.05, 0.1) is 29.8 Å². The van der Waals surface area contributed by atoms with Gasteiger partial charge in [0.1, 0.15) is 0 Å². The van der Waals surface area contributed by atoms with Crippen LogP contribution in [0, 0.1) is 11.8 Å². The Bertz CT molecular complexity index is 833. The lowest BCUT2D eigenvalue weighted by molar-refractivity contribution is -0.140. The highest BCUT2D eigenvalue weighted by molar-refractivity contribution is 6.02. The van der Waals surface area contributed by atoms with Gasteiger partial charge in [-0.05, 0) is 56.9 Å². The number of nitrogens with one attached hydrogen (secondary N) is 1. The molecular formula is C23H27NO4. The van der Waals surface area contributed by atoms with Crippen molar-refractivity contribution >= 4 is 11.9 Å². The lowest BCUT2D eigenvalue weighted by atomic mass is 9.63. The van der Waals surface area contributed by atoms with Gasteiger partial charge >= 0.3 is 11.9 Å². The molecule has 2 saturated carbocycles. The Hall–Kier alpha value is -2.56. The van der Waals surface area contributed by atoms with Crippen LogP contribution in [-0.4, -0.2) is 25.2 Å². The molecule has 148 valence electrons. The first-order chi connectivity index (χ1) is 13.6. The SMILES string of the molecule is CCOC(=O)C1=CNC(C2CC2)=C(C(=O)OCC)C1(c1ccccc1)C1CC1. The Morgan fingerprint density at radius 1 is 1.00 bits per heavy atom. The van der Waals surface area contributed by atoms with Gasteiger partial charge in [0.2, 0.25) is 0 Å². The molecule has 3 aliphatic rings. The first-order valence-electron chi connectivity index (χ1n) is 10.3. The van der Waals surface area contributed by atoms with Crippen LogP contribution in [0.1, 0.15) is 45.1 Å². The lowest BCUT2D eigenvalue weighted by Crippen LogP contribution is -2.46. The number of carbonyl (C=O) groups is 2. The van der Waals surface area contributed by atoms with E-state index in [-0.39, 0.29) is 17.9 Å². The number of benzene rings is 1. The molecule has 1 atom stereocenters. The van der Waals surface area contributed by atoms with Crippen molar-refractivity contribution in [2.45, 2.75) is 44.9 Å². The Morgan fingerprint density at radius 3 is 2.21 bits per heavy atom. The number of allylic oxidation sites excluding steroid dienone is 1. The minimum absolute atomic E-state index is 0.181. The Morgan fingerprint density at radius 2 is 1.64 bits per heavy atom. The van der Waals surface area contributed by atoms with Crippen molar-refractivity contribution in [3.63, 3.8) is 0 Å². The number of carbonyl (C=O) groups excluding carboxylic acids is 2. The van der Waals surface area contributed by atoms with Crippen molar-refractivity contribution in [3.8, 4) is 0 Å².